The molecule has 2 N–H and O–H groups in total. The Balaban J connectivity index is 2.09. The number of carbonyl (C=O) groups is 1. The molecule has 1 aliphatic heterocycles. The zero-order chi connectivity index (χ0) is 13.8. The van der Waals surface area contributed by atoms with Crippen LogP contribution in [0, 0.1) is 11.7 Å². The highest BCUT2D eigenvalue weighted by atomic mass is 19.1. The highest BCUT2D eigenvalue weighted by Crippen LogP contribution is 2.24. The molecule has 1 saturated heterocycles. The van der Waals surface area contributed by atoms with Crippen LogP contribution in [-0.2, 0) is 17.9 Å². The van der Waals surface area contributed by atoms with Crippen molar-refractivity contribution in [3.8, 4) is 0 Å². The zero-order valence-electron chi connectivity index (χ0n) is 11.4. The summed E-state index contributed by atoms with van der Waals surface area (Å²) < 4.78 is 13.3. The van der Waals surface area contributed by atoms with E-state index in [1.165, 1.54) is 12.1 Å². The van der Waals surface area contributed by atoms with Gasteiger partial charge in [-0.1, -0.05) is 19.4 Å². The van der Waals surface area contributed by atoms with Gasteiger partial charge in [0.25, 0.3) is 0 Å². The summed E-state index contributed by atoms with van der Waals surface area (Å²) in [7, 11) is 0. The van der Waals surface area contributed by atoms with Gasteiger partial charge in [0.1, 0.15) is 5.82 Å². The summed E-state index contributed by atoms with van der Waals surface area (Å²) in [5.74, 6) is 0.349. The fourth-order valence-electron chi connectivity index (χ4n) is 2.75. The molecule has 0 radical (unpaired) electrons. The van der Waals surface area contributed by atoms with E-state index in [2.05, 4.69) is 6.92 Å². The quantitative estimate of drug-likeness (QED) is 0.888. The van der Waals surface area contributed by atoms with Crippen LogP contribution in [0.5, 0.6) is 0 Å². The second-order valence-corrected chi connectivity index (χ2v) is 5.25. The van der Waals surface area contributed by atoms with Crippen LogP contribution in [0.3, 0.4) is 0 Å². The molecule has 1 amide bonds. The minimum atomic E-state index is -0.274. The van der Waals surface area contributed by atoms with Gasteiger partial charge in [0.2, 0.25) is 5.91 Å². The van der Waals surface area contributed by atoms with Crippen LogP contribution in [0.15, 0.2) is 18.2 Å². The predicted octanol–water partition coefficient (Wildman–Crippen LogP) is 2.43. The van der Waals surface area contributed by atoms with Crippen LogP contribution in [-0.4, -0.2) is 17.4 Å². The van der Waals surface area contributed by atoms with Gasteiger partial charge < -0.3 is 10.6 Å². The third kappa shape index (κ3) is 3.32. The van der Waals surface area contributed by atoms with Crippen LogP contribution in [0.4, 0.5) is 4.39 Å². The average Bonchev–Trinajstić information content (AvgIpc) is 2.71. The van der Waals surface area contributed by atoms with Gasteiger partial charge in [0.05, 0.1) is 0 Å². The van der Waals surface area contributed by atoms with Gasteiger partial charge in [-0.2, -0.15) is 0 Å². The van der Waals surface area contributed by atoms with Crippen molar-refractivity contribution in [1.29, 1.82) is 0 Å². The van der Waals surface area contributed by atoms with Crippen molar-refractivity contribution in [3.05, 3.63) is 35.1 Å². The first-order chi connectivity index (χ1) is 9.13. The summed E-state index contributed by atoms with van der Waals surface area (Å²) >= 11 is 0. The molecule has 1 aromatic carbocycles. The standard InChI is InChI=1S/C15H21FN2O/c1-2-3-11-6-15(19)18(9-11)10-13-7-14(16)5-4-12(13)8-17/h4-5,7,11H,2-3,6,8-10,17H2,1H3. The smallest absolute Gasteiger partial charge is 0.223 e. The number of nitrogens with zero attached hydrogens (tertiary/aromatic N) is 1. The van der Waals surface area contributed by atoms with Gasteiger partial charge in [-0.3, -0.25) is 4.79 Å². The third-order valence-corrected chi connectivity index (χ3v) is 3.74. The van der Waals surface area contributed by atoms with E-state index in [0.29, 0.717) is 25.4 Å². The van der Waals surface area contributed by atoms with Crippen LogP contribution in [0.2, 0.25) is 0 Å². The van der Waals surface area contributed by atoms with Crippen LogP contribution in [0.1, 0.15) is 37.3 Å². The normalized spacial score (nSPS) is 19.2. The minimum Gasteiger partial charge on any atom is -0.338 e. The molecule has 1 aromatic rings. The van der Waals surface area contributed by atoms with Gasteiger partial charge in [-0.05, 0) is 35.6 Å². The fraction of sp³-hybridized carbons (Fsp3) is 0.533. The number of halogens is 1. The first-order valence-corrected chi connectivity index (χ1v) is 6.89. The summed E-state index contributed by atoms with van der Waals surface area (Å²) in [6.45, 7) is 3.76. The van der Waals surface area contributed by atoms with Gasteiger partial charge in [0.15, 0.2) is 0 Å². The number of carbonyl (C=O) groups excluding carboxylic acids is 1. The summed E-state index contributed by atoms with van der Waals surface area (Å²) in [6, 6.07) is 4.61. The minimum absolute atomic E-state index is 0.172. The second-order valence-electron chi connectivity index (χ2n) is 5.25. The van der Waals surface area contributed by atoms with Gasteiger partial charge in [-0.15, -0.1) is 0 Å². The van der Waals surface area contributed by atoms with Crippen molar-refractivity contribution in [3.63, 3.8) is 0 Å². The molecule has 104 valence electrons. The third-order valence-electron chi connectivity index (χ3n) is 3.74. The Morgan fingerprint density at radius 3 is 2.89 bits per heavy atom. The number of nitrogens with two attached hydrogens (primary N) is 1. The molecule has 0 aromatic heterocycles. The molecule has 4 heteroatoms. The van der Waals surface area contributed by atoms with E-state index >= 15 is 0 Å². The zero-order valence-corrected chi connectivity index (χ0v) is 11.4. The number of hydrogen-bond donors (Lipinski definition) is 1. The summed E-state index contributed by atoms with van der Waals surface area (Å²) in [6.07, 6.45) is 2.80. The molecule has 0 bridgehead atoms. The van der Waals surface area contributed by atoms with Crippen LogP contribution in [0.25, 0.3) is 0 Å². The van der Waals surface area contributed by atoms with Crippen molar-refractivity contribution in [2.45, 2.75) is 39.3 Å². The molecule has 1 atom stereocenters. The number of hydrogen-bond acceptors (Lipinski definition) is 2. The maximum Gasteiger partial charge on any atom is 0.223 e. The molecule has 2 rings (SSSR count). The Bertz CT molecular complexity index is 461. The Morgan fingerprint density at radius 2 is 2.21 bits per heavy atom. The molecule has 19 heavy (non-hydrogen) atoms. The maximum atomic E-state index is 13.3. The lowest BCUT2D eigenvalue weighted by atomic mass is 10.0. The van der Waals surface area contributed by atoms with E-state index < -0.39 is 0 Å². The van der Waals surface area contributed by atoms with Gasteiger partial charge >= 0.3 is 0 Å². The number of likely N-dealkylation sites (tertiary alicyclic amines) is 1. The van der Waals surface area contributed by atoms with Gasteiger partial charge in [0, 0.05) is 26.1 Å². The summed E-state index contributed by atoms with van der Waals surface area (Å²) in [5, 5.41) is 0. The summed E-state index contributed by atoms with van der Waals surface area (Å²) in [4.78, 5) is 13.8. The Morgan fingerprint density at radius 1 is 1.42 bits per heavy atom. The van der Waals surface area contributed by atoms with E-state index in [0.717, 1.165) is 30.5 Å². The highest BCUT2D eigenvalue weighted by molar-refractivity contribution is 5.78. The van der Waals surface area contributed by atoms with E-state index in [9.17, 15) is 9.18 Å². The largest absolute Gasteiger partial charge is 0.338 e. The first kappa shape index (κ1) is 14.0. The predicted molar refractivity (Wildman–Crippen MR) is 72.7 cm³/mol. The van der Waals surface area contributed by atoms with E-state index in [1.807, 2.05) is 4.90 Å². The number of benzene rings is 1. The van der Waals surface area contributed by atoms with E-state index in [1.54, 1.807) is 6.07 Å². The molecule has 0 aliphatic carbocycles. The number of amides is 1. The molecular weight excluding hydrogens is 243 g/mol. The molecule has 0 spiro atoms. The van der Waals surface area contributed by atoms with Crippen molar-refractivity contribution in [2.75, 3.05) is 6.54 Å². The van der Waals surface area contributed by atoms with Crippen LogP contribution < -0.4 is 5.73 Å². The molecular formula is C15H21FN2O. The van der Waals surface area contributed by atoms with Crippen molar-refractivity contribution in [2.24, 2.45) is 11.7 Å². The van der Waals surface area contributed by atoms with Crippen molar-refractivity contribution < 1.29 is 9.18 Å². The molecule has 0 saturated carbocycles. The summed E-state index contributed by atoms with van der Waals surface area (Å²) in [5.41, 5.74) is 7.40. The van der Waals surface area contributed by atoms with Gasteiger partial charge in [-0.25, -0.2) is 4.39 Å². The lowest BCUT2D eigenvalue weighted by Gasteiger charge is -2.18. The Labute approximate surface area is 113 Å². The van der Waals surface area contributed by atoms with Crippen molar-refractivity contribution in [1.82, 2.24) is 4.90 Å². The monoisotopic (exact) mass is 264 g/mol. The SMILES string of the molecule is CCCC1CC(=O)N(Cc2cc(F)ccc2CN)C1. The number of rotatable bonds is 5. The highest BCUT2D eigenvalue weighted by Gasteiger charge is 2.29. The average molecular weight is 264 g/mol. The lowest BCUT2D eigenvalue weighted by Crippen LogP contribution is -2.25. The lowest BCUT2D eigenvalue weighted by molar-refractivity contribution is -0.128. The van der Waals surface area contributed by atoms with E-state index in [4.69, 9.17) is 5.73 Å². The second kappa shape index (κ2) is 6.15. The van der Waals surface area contributed by atoms with E-state index in [-0.39, 0.29) is 11.7 Å². The Kier molecular flexibility index (Phi) is 4.53. The first-order valence-electron chi connectivity index (χ1n) is 6.89. The fourth-order valence-corrected chi connectivity index (χ4v) is 2.75. The Hall–Kier alpha value is -1.42. The topological polar surface area (TPSA) is 46.3 Å². The maximum absolute atomic E-state index is 13.3. The molecule has 3 nitrogen and oxygen atoms in total. The molecule has 1 fully saturated rings. The van der Waals surface area contributed by atoms with Crippen LogP contribution >= 0.6 is 0 Å². The van der Waals surface area contributed by atoms with Crippen molar-refractivity contribution >= 4 is 5.91 Å². The molecule has 1 unspecified atom stereocenters. The molecule has 1 aliphatic rings. The molecule has 1 heterocycles.